The standard InChI is InChI=1S/C25H27N3O4/c1-28-22-17-19(9-5-6-16-29)10-11-20(22)12-13-21(25(28)32)27-24(31)23(30)26-15-14-18-7-3-2-4-8-18/h2-4,7-8,10-11,17,21,29H,6,12-16H2,1H3,(H,26,30)(H,27,31). The third kappa shape index (κ3) is 5.96. The molecule has 2 aromatic carbocycles. The smallest absolute Gasteiger partial charge is 0.309 e. The first-order chi connectivity index (χ1) is 15.5. The summed E-state index contributed by atoms with van der Waals surface area (Å²) in [5.74, 6) is 3.99. The molecule has 0 radical (unpaired) electrons. The molecule has 166 valence electrons. The third-order valence-corrected chi connectivity index (χ3v) is 5.30. The molecule has 1 aliphatic heterocycles. The van der Waals surface area contributed by atoms with E-state index < -0.39 is 17.9 Å². The highest BCUT2D eigenvalue weighted by atomic mass is 16.3. The SMILES string of the molecule is CN1C(=O)C(NC(=O)C(=O)NCCc2ccccc2)CCc2ccc(C#CCCO)cc21. The molecule has 1 unspecified atom stereocenters. The third-order valence-electron chi connectivity index (χ3n) is 5.30. The number of likely N-dealkylation sites (N-methyl/N-ethyl adjacent to an activating group) is 1. The van der Waals surface area contributed by atoms with Gasteiger partial charge in [0.05, 0.1) is 6.61 Å². The van der Waals surface area contributed by atoms with Crippen LogP contribution in [-0.2, 0) is 27.2 Å². The Morgan fingerprint density at radius 1 is 1.16 bits per heavy atom. The molecular formula is C25H27N3O4. The minimum absolute atomic E-state index is 0.00244. The van der Waals surface area contributed by atoms with Crippen molar-refractivity contribution >= 4 is 23.4 Å². The molecule has 3 amide bonds. The second-order valence-electron chi connectivity index (χ2n) is 7.57. The fourth-order valence-corrected chi connectivity index (χ4v) is 3.56. The van der Waals surface area contributed by atoms with Crippen LogP contribution in [0.5, 0.6) is 0 Å². The van der Waals surface area contributed by atoms with Crippen LogP contribution in [0, 0.1) is 11.8 Å². The number of rotatable bonds is 5. The number of benzene rings is 2. The number of aliphatic hydroxyl groups excluding tert-OH is 1. The number of anilines is 1. The Kier molecular flexibility index (Phi) is 8.01. The summed E-state index contributed by atoms with van der Waals surface area (Å²) in [6.07, 6.45) is 1.97. The molecule has 3 rings (SSSR count). The van der Waals surface area contributed by atoms with Gasteiger partial charge in [-0.05, 0) is 42.5 Å². The number of nitrogens with one attached hydrogen (secondary N) is 2. The van der Waals surface area contributed by atoms with Gasteiger partial charge in [0.1, 0.15) is 6.04 Å². The van der Waals surface area contributed by atoms with E-state index in [1.54, 1.807) is 7.05 Å². The first kappa shape index (κ1) is 23.0. The maximum absolute atomic E-state index is 12.9. The van der Waals surface area contributed by atoms with E-state index in [4.69, 9.17) is 5.11 Å². The van der Waals surface area contributed by atoms with Gasteiger partial charge in [-0.15, -0.1) is 0 Å². The molecule has 3 N–H and O–H groups in total. The number of amides is 3. The zero-order chi connectivity index (χ0) is 22.9. The summed E-state index contributed by atoms with van der Waals surface area (Å²) in [6, 6.07) is 14.5. The number of aryl methyl sites for hydroxylation is 1. The highest BCUT2D eigenvalue weighted by Gasteiger charge is 2.30. The summed E-state index contributed by atoms with van der Waals surface area (Å²) in [5.41, 5.74) is 3.51. The molecule has 0 fully saturated rings. The van der Waals surface area contributed by atoms with Crippen LogP contribution in [0.2, 0.25) is 0 Å². The van der Waals surface area contributed by atoms with Crippen LogP contribution in [0.1, 0.15) is 29.5 Å². The molecule has 0 aromatic heterocycles. The second kappa shape index (κ2) is 11.1. The number of fused-ring (bicyclic) bond motifs is 1. The molecule has 7 heteroatoms. The van der Waals surface area contributed by atoms with Crippen molar-refractivity contribution in [3.8, 4) is 11.8 Å². The van der Waals surface area contributed by atoms with Crippen LogP contribution >= 0.6 is 0 Å². The Morgan fingerprint density at radius 3 is 2.69 bits per heavy atom. The van der Waals surface area contributed by atoms with E-state index in [1.807, 2.05) is 48.5 Å². The molecule has 1 aliphatic rings. The number of hydrogen-bond acceptors (Lipinski definition) is 4. The average molecular weight is 434 g/mol. The van der Waals surface area contributed by atoms with Crippen molar-refractivity contribution in [2.24, 2.45) is 0 Å². The Labute approximate surface area is 187 Å². The first-order valence-electron chi connectivity index (χ1n) is 10.6. The van der Waals surface area contributed by atoms with Crippen molar-refractivity contribution in [3.63, 3.8) is 0 Å². The van der Waals surface area contributed by atoms with Crippen LogP contribution in [0.3, 0.4) is 0 Å². The van der Waals surface area contributed by atoms with Crippen molar-refractivity contribution in [1.29, 1.82) is 0 Å². The number of nitrogens with zero attached hydrogens (tertiary/aromatic N) is 1. The molecule has 0 bridgehead atoms. The fourth-order valence-electron chi connectivity index (χ4n) is 3.56. The number of carbonyl (C=O) groups is 3. The lowest BCUT2D eigenvalue weighted by molar-refractivity contribution is -0.140. The summed E-state index contributed by atoms with van der Waals surface area (Å²) < 4.78 is 0. The Morgan fingerprint density at radius 2 is 1.94 bits per heavy atom. The van der Waals surface area contributed by atoms with E-state index >= 15 is 0 Å². The van der Waals surface area contributed by atoms with Gasteiger partial charge in [0.2, 0.25) is 5.91 Å². The van der Waals surface area contributed by atoms with Crippen LogP contribution in [-0.4, -0.2) is 49.1 Å². The summed E-state index contributed by atoms with van der Waals surface area (Å²) in [5, 5.41) is 14.1. The van der Waals surface area contributed by atoms with E-state index in [2.05, 4.69) is 22.5 Å². The quantitative estimate of drug-likeness (QED) is 0.487. The second-order valence-corrected chi connectivity index (χ2v) is 7.57. The lowest BCUT2D eigenvalue weighted by atomic mass is 10.0. The fraction of sp³-hybridized carbons (Fsp3) is 0.320. The summed E-state index contributed by atoms with van der Waals surface area (Å²) in [6.45, 7) is 0.331. The Bertz CT molecular complexity index is 1040. The van der Waals surface area contributed by atoms with Crippen molar-refractivity contribution in [3.05, 3.63) is 65.2 Å². The molecular weight excluding hydrogens is 406 g/mol. The van der Waals surface area contributed by atoms with Gasteiger partial charge in [0.15, 0.2) is 0 Å². The zero-order valence-electron chi connectivity index (χ0n) is 18.1. The summed E-state index contributed by atoms with van der Waals surface area (Å²) in [7, 11) is 1.65. The van der Waals surface area contributed by atoms with E-state index in [0.29, 0.717) is 32.2 Å². The summed E-state index contributed by atoms with van der Waals surface area (Å²) in [4.78, 5) is 39.0. The topological polar surface area (TPSA) is 98.7 Å². The van der Waals surface area contributed by atoms with Crippen LogP contribution in [0.15, 0.2) is 48.5 Å². The molecule has 0 saturated carbocycles. The van der Waals surface area contributed by atoms with Gasteiger partial charge in [-0.25, -0.2) is 0 Å². The van der Waals surface area contributed by atoms with Crippen molar-refractivity contribution in [2.45, 2.75) is 31.7 Å². The van der Waals surface area contributed by atoms with E-state index in [0.717, 1.165) is 22.4 Å². The first-order valence-corrected chi connectivity index (χ1v) is 10.6. The average Bonchev–Trinajstić information content (AvgIpc) is 2.92. The molecule has 32 heavy (non-hydrogen) atoms. The predicted molar refractivity (Wildman–Crippen MR) is 122 cm³/mol. The minimum atomic E-state index is -0.814. The summed E-state index contributed by atoms with van der Waals surface area (Å²) >= 11 is 0. The molecule has 7 nitrogen and oxygen atoms in total. The Hall–Kier alpha value is -3.63. The molecule has 1 heterocycles. The molecule has 2 aromatic rings. The number of aliphatic hydroxyl groups is 1. The van der Waals surface area contributed by atoms with Crippen LogP contribution in [0.25, 0.3) is 0 Å². The number of carbonyl (C=O) groups excluding carboxylic acids is 3. The van der Waals surface area contributed by atoms with Crippen molar-refractivity contribution in [1.82, 2.24) is 10.6 Å². The van der Waals surface area contributed by atoms with E-state index in [1.165, 1.54) is 4.90 Å². The van der Waals surface area contributed by atoms with Crippen LogP contribution < -0.4 is 15.5 Å². The monoisotopic (exact) mass is 433 g/mol. The van der Waals surface area contributed by atoms with Gasteiger partial charge < -0.3 is 20.6 Å². The molecule has 0 saturated heterocycles. The molecule has 0 aliphatic carbocycles. The van der Waals surface area contributed by atoms with E-state index in [9.17, 15) is 14.4 Å². The lowest BCUT2D eigenvalue weighted by Crippen LogP contribution is -2.51. The highest BCUT2D eigenvalue weighted by Crippen LogP contribution is 2.27. The van der Waals surface area contributed by atoms with Gasteiger partial charge in [-0.1, -0.05) is 48.2 Å². The highest BCUT2D eigenvalue weighted by molar-refractivity contribution is 6.35. The van der Waals surface area contributed by atoms with Gasteiger partial charge in [0, 0.05) is 31.3 Å². The largest absolute Gasteiger partial charge is 0.395 e. The van der Waals surface area contributed by atoms with Gasteiger partial charge in [0.25, 0.3) is 0 Å². The maximum atomic E-state index is 12.9. The van der Waals surface area contributed by atoms with Gasteiger partial charge in [-0.2, -0.15) is 0 Å². The van der Waals surface area contributed by atoms with Crippen LogP contribution in [0.4, 0.5) is 5.69 Å². The van der Waals surface area contributed by atoms with Crippen molar-refractivity contribution in [2.75, 3.05) is 25.1 Å². The predicted octanol–water partition coefficient (Wildman–Crippen LogP) is 1.17. The van der Waals surface area contributed by atoms with E-state index in [-0.39, 0.29) is 12.5 Å². The Balaban J connectivity index is 1.59. The lowest BCUT2D eigenvalue weighted by Gasteiger charge is -2.22. The minimum Gasteiger partial charge on any atom is -0.395 e. The molecule has 0 spiro atoms. The molecule has 1 atom stereocenters. The normalized spacial score (nSPS) is 15.1. The number of hydrogen-bond donors (Lipinski definition) is 3. The van der Waals surface area contributed by atoms with Gasteiger partial charge in [-0.3, -0.25) is 14.4 Å². The maximum Gasteiger partial charge on any atom is 0.309 e. The van der Waals surface area contributed by atoms with Crippen molar-refractivity contribution < 1.29 is 19.5 Å². The zero-order valence-corrected chi connectivity index (χ0v) is 18.1. The van der Waals surface area contributed by atoms with Gasteiger partial charge >= 0.3 is 11.8 Å².